The summed E-state index contributed by atoms with van der Waals surface area (Å²) >= 11 is 0. The summed E-state index contributed by atoms with van der Waals surface area (Å²) in [4.78, 5) is 0. The van der Waals surface area contributed by atoms with Crippen molar-refractivity contribution in [2.24, 2.45) is 11.8 Å². The lowest BCUT2D eigenvalue weighted by molar-refractivity contribution is -0.0813. The molecule has 2 rings (SSSR count). The topological polar surface area (TPSA) is 21.3 Å². The van der Waals surface area contributed by atoms with Gasteiger partial charge in [-0.05, 0) is 64.7 Å². The maximum absolute atomic E-state index is 6.48. The fourth-order valence-corrected chi connectivity index (χ4v) is 3.55. The van der Waals surface area contributed by atoms with E-state index in [1.807, 2.05) is 0 Å². The molecule has 0 heterocycles. The zero-order valence-electron chi connectivity index (χ0n) is 14.8. The number of nitrogens with one attached hydrogen (secondary N) is 1. The monoisotopic (exact) mass is 295 g/mol. The average Bonchev–Trinajstić information content (AvgIpc) is 3.23. The van der Waals surface area contributed by atoms with Gasteiger partial charge in [0, 0.05) is 18.7 Å². The van der Waals surface area contributed by atoms with Gasteiger partial charge >= 0.3 is 0 Å². The molecule has 0 bridgehead atoms. The summed E-state index contributed by atoms with van der Waals surface area (Å²) in [5.41, 5.74) is 0.305. The molecule has 1 N–H and O–H groups in total. The van der Waals surface area contributed by atoms with Crippen LogP contribution in [0, 0.1) is 11.8 Å². The molecule has 0 aromatic heterocycles. The summed E-state index contributed by atoms with van der Waals surface area (Å²) < 4.78 is 6.48. The Morgan fingerprint density at radius 2 is 1.62 bits per heavy atom. The smallest absolute Gasteiger partial charge is 0.0806 e. The molecule has 124 valence electrons. The molecule has 0 amide bonds. The molecule has 2 aliphatic rings. The van der Waals surface area contributed by atoms with Crippen LogP contribution >= 0.6 is 0 Å². The molecular formula is C19H37NO. The van der Waals surface area contributed by atoms with E-state index in [4.69, 9.17) is 4.74 Å². The van der Waals surface area contributed by atoms with Gasteiger partial charge in [0.15, 0.2) is 0 Å². The Balaban J connectivity index is 1.83. The largest absolute Gasteiger partial charge is 0.374 e. The lowest BCUT2D eigenvalue weighted by Gasteiger charge is -2.42. The molecule has 2 saturated carbocycles. The van der Waals surface area contributed by atoms with E-state index >= 15 is 0 Å². The normalized spacial score (nSPS) is 30.6. The maximum atomic E-state index is 6.48. The molecule has 0 aromatic carbocycles. The van der Waals surface area contributed by atoms with Crippen LogP contribution in [-0.4, -0.2) is 24.3 Å². The van der Waals surface area contributed by atoms with Crippen LogP contribution in [0.1, 0.15) is 85.5 Å². The Hall–Kier alpha value is -0.0800. The number of ether oxygens (including phenoxy) is 1. The first kappa shape index (κ1) is 17.3. The minimum absolute atomic E-state index is 0.117. The van der Waals surface area contributed by atoms with Crippen LogP contribution in [0.2, 0.25) is 0 Å². The summed E-state index contributed by atoms with van der Waals surface area (Å²) in [5, 5.41) is 3.71. The van der Waals surface area contributed by atoms with Crippen LogP contribution in [0.3, 0.4) is 0 Å². The molecule has 0 radical (unpaired) electrons. The van der Waals surface area contributed by atoms with Crippen molar-refractivity contribution in [2.45, 2.75) is 96.6 Å². The molecule has 2 nitrogen and oxygen atoms in total. The van der Waals surface area contributed by atoms with Gasteiger partial charge in [-0.25, -0.2) is 0 Å². The molecule has 2 heteroatoms. The third kappa shape index (κ3) is 6.28. The molecule has 0 spiro atoms. The zero-order valence-corrected chi connectivity index (χ0v) is 14.8. The Kier molecular flexibility index (Phi) is 6.14. The van der Waals surface area contributed by atoms with E-state index in [2.05, 4.69) is 33.0 Å². The van der Waals surface area contributed by atoms with Gasteiger partial charge in [-0.2, -0.15) is 0 Å². The number of hydrogen-bond acceptors (Lipinski definition) is 2. The predicted octanol–water partition coefficient (Wildman–Crippen LogP) is 4.92. The quantitative estimate of drug-likeness (QED) is 0.686. The zero-order chi connectivity index (χ0) is 15.3. The summed E-state index contributed by atoms with van der Waals surface area (Å²) in [6.45, 7) is 11.1. The first-order valence-corrected chi connectivity index (χ1v) is 9.31. The van der Waals surface area contributed by atoms with Gasteiger partial charge in [-0.3, -0.25) is 0 Å². The van der Waals surface area contributed by atoms with E-state index in [9.17, 15) is 0 Å². The average molecular weight is 296 g/mol. The third-order valence-electron chi connectivity index (χ3n) is 5.29. The van der Waals surface area contributed by atoms with Crippen LogP contribution in [0.4, 0.5) is 0 Å². The molecule has 2 aliphatic carbocycles. The first-order valence-electron chi connectivity index (χ1n) is 9.31. The Morgan fingerprint density at radius 1 is 1.00 bits per heavy atom. The highest BCUT2D eigenvalue weighted by atomic mass is 16.5. The summed E-state index contributed by atoms with van der Waals surface area (Å²) in [6.07, 6.45) is 12.1. The van der Waals surface area contributed by atoms with E-state index in [0.717, 1.165) is 25.0 Å². The third-order valence-corrected chi connectivity index (χ3v) is 5.29. The van der Waals surface area contributed by atoms with Crippen LogP contribution < -0.4 is 5.32 Å². The molecule has 21 heavy (non-hydrogen) atoms. The first-order chi connectivity index (χ1) is 9.92. The van der Waals surface area contributed by atoms with Gasteiger partial charge in [0.25, 0.3) is 0 Å². The van der Waals surface area contributed by atoms with E-state index in [0.29, 0.717) is 0 Å². The lowest BCUT2D eigenvalue weighted by Crippen LogP contribution is -2.51. The van der Waals surface area contributed by atoms with E-state index in [1.165, 1.54) is 57.8 Å². The minimum atomic E-state index is 0.117. The van der Waals surface area contributed by atoms with Gasteiger partial charge < -0.3 is 10.1 Å². The van der Waals surface area contributed by atoms with Crippen molar-refractivity contribution in [1.82, 2.24) is 5.32 Å². The summed E-state index contributed by atoms with van der Waals surface area (Å²) in [6, 6.07) is 0. The van der Waals surface area contributed by atoms with Crippen molar-refractivity contribution in [1.29, 1.82) is 0 Å². The van der Waals surface area contributed by atoms with Crippen molar-refractivity contribution in [3.8, 4) is 0 Å². The molecule has 2 fully saturated rings. The molecule has 0 saturated heterocycles. The molecule has 0 aliphatic heterocycles. The minimum Gasteiger partial charge on any atom is -0.374 e. The maximum Gasteiger partial charge on any atom is 0.0806 e. The van der Waals surface area contributed by atoms with Gasteiger partial charge in [0.2, 0.25) is 0 Å². The standard InChI is InChI=1S/C19H37NO/c1-5-6-16-9-12-19(13-10-16,15-20-18(2,3)4)21-14-11-17-7-8-17/h16-17,20H,5-15H2,1-4H3. The van der Waals surface area contributed by atoms with Gasteiger partial charge in [0.1, 0.15) is 0 Å². The van der Waals surface area contributed by atoms with Crippen molar-refractivity contribution in [3.63, 3.8) is 0 Å². The Bertz CT molecular complexity index is 295. The summed E-state index contributed by atoms with van der Waals surface area (Å²) in [5.74, 6) is 1.93. The lowest BCUT2D eigenvalue weighted by atomic mass is 9.76. The van der Waals surface area contributed by atoms with Crippen molar-refractivity contribution >= 4 is 0 Å². The fraction of sp³-hybridized carbons (Fsp3) is 1.00. The molecule has 0 aromatic rings. The molecule has 0 unspecified atom stereocenters. The van der Waals surface area contributed by atoms with E-state index in [-0.39, 0.29) is 11.1 Å². The Morgan fingerprint density at radius 3 is 2.14 bits per heavy atom. The second-order valence-corrected chi connectivity index (χ2v) is 8.60. The number of hydrogen-bond donors (Lipinski definition) is 1. The van der Waals surface area contributed by atoms with Gasteiger partial charge in [-0.15, -0.1) is 0 Å². The van der Waals surface area contributed by atoms with Gasteiger partial charge in [-0.1, -0.05) is 32.6 Å². The number of rotatable bonds is 8. The predicted molar refractivity (Wildman–Crippen MR) is 90.6 cm³/mol. The van der Waals surface area contributed by atoms with Crippen LogP contribution in [0.25, 0.3) is 0 Å². The summed E-state index contributed by atoms with van der Waals surface area (Å²) in [7, 11) is 0. The van der Waals surface area contributed by atoms with Crippen molar-refractivity contribution in [3.05, 3.63) is 0 Å². The fourth-order valence-electron chi connectivity index (χ4n) is 3.55. The molecule has 0 atom stereocenters. The highest BCUT2D eigenvalue weighted by Crippen LogP contribution is 2.38. The van der Waals surface area contributed by atoms with E-state index < -0.39 is 0 Å². The van der Waals surface area contributed by atoms with Crippen molar-refractivity contribution in [2.75, 3.05) is 13.2 Å². The second-order valence-electron chi connectivity index (χ2n) is 8.60. The Labute approximate surface area is 132 Å². The van der Waals surface area contributed by atoms with Gasteiger partial charge in [0.05, 0.1) is 5.60 Å². The van der Waals surface area contributed by atoms with E-state index in [1.54, 1.807) is 0 Å². The van der Waals surface area contributed by atoms with Crippen LogP contribution in [-0.2, 0) is 4.74 Å². The van der Waals surface area contributed by atoms with Crippen LogP contribution in [0.15, 0.2) is 0 Å². The second kappa shape index (κ2) is 7.46. The SMILES string of the molecule is CCCC1CCC(CNC(C)(C)C)(OCCC2CC2)CC1. The van der Waals surface area contributed by atoms with Crippen molar-refractivity contribution < 1.29 is 4.74 Å². The highest BCUT2D eigenvalue weighted by Gasteiger charge is 2.37. The molecular weight excluding hydrogens is 258 g/mol. The highest BCUT2D eigenvalue weighted by molar-refractivity contribution is 4.91. The van der Waals surface area contributed by atoms with Crippen LogP contribution in [0.5, 0.6) is 0 Å².